The van der Waals surface area contributed by atoms with Crippen molar-refractivity contribution in [3.8, 4) is 11.3 Å². The van der Waals surface area contributed by atoms with Crippen molar-refractivity contribution in [3.05, 3.63) is 48.2 Å². The molecule has 1 N–H and O–H groups in total. The predicted octanol–water partition coefficient (Wildman–Crippen LogP) is 5.44. The molecule has 3 heterocycles. The molecule has 1 aromatic heterocycles. The van der Waals surface area contributed by atoms with Crippen molar-refractivity contribution in [2.45, 2.75) is 57.2 Å². The van der Waals surface area contributed by atoms with Crippen LogP contribution in [0.5, 0.6) is 0 Å². The van der Waals surface area contributed by atoms with Gasteiger partial charge in [-0.1, -0.05) is 18.6 Å². The van der Waals surface area contributed by atoms with E-state index >= 15 is 0 Å². The second kappa shape index (κ2) is 11.3. The van der Waals surface area contributed by atoms with E-state index in [1.165, 1.54) is 63.5 Å². The summed E-state index contributed by atoms with van der Waals surface area (Å²) in [6, 6.07) is 9.05. The van der Waals surface area contributed by atoms with Gasteiger partial charge in [0.15, 0.2) is 0 Å². The fourth-order valence-electron chi connectivity index (χ4n) is 4.95. The highest BCUT2D eigenvalue weighted by Crippen LogP contribution is 2.30. The van der Waals surface area contributed by atoms with Crippen molar-refractivity contribution >= 4 is 11.6 Å². The van der Waals surface area contributed by atoms with E-state index in [1.54, 1.807) is 12.1 Å². The number of nitrogens with zero attached hydrogens (tertiary/aromatic N) is 3. The molecule has 5 nitrogen and oxygen atoms in total. The first-order valence-corrected chi connectivity index (χ1v) is 12.3. The molecule has 2 aliphatic heterocycles. The first kappa shape index (κ1) is 24.7. The van der Waals surface area contributed by atoms with Gasteiger partial charge >= 0.3 is 6.18 Å². The minimum absolute atomic E-state index is 0.0488. The Hall–Kier alpha value is -2.45. The van der Waals surface area contributed by atoms with E-state index in [2.05, 4.69) is 20.1 Å². The van der Waals surface area contributed by atoms with Crippen LogP contribution < -0.4 is 5.32 Å². The number of likely N-dealkylation sites (tertiary alicyclic amines) is 2. The van der Waals surface area contributed by atoms with Crippen LogP contribution >= 0.6 is 0 Å². The minimum Gasteiger partial charge on any atom is -0.325 e. The number of carbonyl (C=O) groups is 1. The number of hydrogen-bond donors (Lipinski definition) is 1. The molecule has 1 amide bonds. The summed E-state index contributed by atoms with van der Waals surface area (Å²) in [6.45, 7) is 5.66. The molecule has 0 unspecified atom stereocenters. The number of pyridine rings is 1. The second-order valence-corrected chi connectivity index (χ2v) is 9.33. The molecule has 2 aliphatic rings. The molecule has 1 aromatic carbocycles. The van der Waals surface area contributed by atoms with Crippen molar-refractivity contribution in [3.63, 3.8) is 0 Å². The van der Waals surface area contributed by atoms with E-state index in [4.69, 9.17) is 0 Å². The van der Waals surface area contributed by atoms with Crippen LogP contribution in [0.2, 0.25) is 0 Å². The molecule has 184 valence electrons. The van der Waals surface area contributed by atoms with Gasteiger partial charge in [-0.2, -0.15) is 13.2 Å². The number of nitrogens with one attached hydrogen (secondary N) is 1. The fraction of sp³-hybridized carbons (Fsp3) is 0.538. The van der Waals surface area contributed by atoms with E-state index in [-0.39, 0.29) is 5.91 Å². The normalized spacial score (nSPS) is 18.7. The number of benzene rings is 1. The summed E-state index contributed by atoms with van der Waals surface area (Å²) in [5, 5.41) is 2.86. The van der Waals surface area contributed by atoms with Crippen LogP contribution in [0.4, 0.5) is 18.9 Å². The SMILES string of the molecule is O=C(CCCN1CCC(N2CCCCC2)CC1)Nc1ccc(-c2ccc(C(F)(F)F)cc2)nc1. The van der Waals surface area contributed by atoms with Gasteiger partial charge in [0.2, 0.25) is 5.91 Å². The van der Waals surface area contributed by atoms with E-state index < -0.39 is 11.7 Å². The molecule has 2 fully saturated rings. The zero-order valence-corrected chi connectivity index (χ0v) is 19.5. The Balaban J connectivity index is 1.17. The predicted molar refractivity (Wildman–Crippen MR) is 127 cm³/mol. The first-order valence-electron chi connectivity index (χ1n) is 12.3. The van der Waals surface area contributed by atoms with Crippen LogP contribution in [-0.2, 0) is 11.0 Å². The smallest absolute Gasteiger partial charge is 0.325 e. The summed E-state index contributed by atoms with van der Waals surface area (Å²) < 4.78 is 38.1. The Kier molecular flexibility index (Phi) is 8.21. The summed E-state index contributed by atoms with van der Waals surface area (Å²) in [7, 11) is 0. The highest BCUT2D eigenvalue weighted by Gasteiger charge is 2.30. The van der Waals surface area contributed by atoms with Crippen molar-refractivity contribution in [2.24, 2.45) is 0 Å². The number of piperidine rings is 2. The molecule has 2 aromatic rings. The van der Waals surface area contributed by atoms with Crippen LogP contribution in [0.25, 0.3) is 11.3 Å². The molecule has 0 aliphatic carbocycles. The number of carbonyl (C=O) groups excluding carboxylic acids is 1. The number of rotatable bonds is 7. The Labute approximate surface area is 199 Å². The van der Waals surface area contributed by atoms with Crippen LogP contribution in [0.3, 0.4) is 0 Å². The van der Waals surface area contributed by atoms with Gasteiger partial charge in [0.1, 0.15) is 0 Å². The standard InChI is InChI=1S/C26H33F3N4O/c27-26(28,29)21-8-6-20(7-9-21)24-11-10-22(19-30-24)31-25(34)5-4-14-32-17-12-23(13-18-32)33-15-2-1-3-16-33/h6-11,19,23H,1-5,12-18H2,(H,31,34). The monoisotopic (exact) mass is 474 g/mol. The third kappa shape index (κ3) is 6.79. The Morgan fingerprint density at radius 3 is 2.29 bits per heavy atom. The lowest BCUT2D eigenvalue weighted by Gasteiger charge is -2.40. The maximum atomic E-state index is 12.7. The van der Waals surface area contributed by atoms with E-state index in [9.17, 15) is 18.0 Å². The third-order valence-electron chi connectivity index (χ3n) is 6.90. The van der Waals surface area contributed by atoms with Crippen molar-refractivity contribution in [2.75, 3.05) is 38.0 Å². The molecule has 0 atom stereocenters. The maximum absolute atomic E-state index is 12.7. The zero-order chi connectivity index (χ0) is 24.0. The molecular weight excluding hydrogens is 441 g/mol. The van der Waals surface area contributed by atoms with Crippen molar-refractivity contribution in [1.29, 1.82) is 0 Å². The largest absolute Gasteiger partial charge is 0.416 e. The second-order valence-electron chi connectivity index (χ2n) is 9.33. The number of amides is 1. The number of aromatic nitrogens is 1. The first-order chi connectivity index (χ1) is 16.4. The lowest BCUT2D eigenvalue weighted by Crippen LogP contribution is -2.46. The van der Waals surface area contributed by atoms with E-state index in [1.807, 2.05) is 0 Å². The summed E-state index contributed by atoms with van der Waals surface area (Å²) >= 11 is 0. The summed E-state index contributed by atoms with van der Waals surface area (Å²) in [5.74, 6) is -0.0488. The Bertz CT molecular complexity index is 917. The molecule has 0 radical (unpaired) electrons. The molecule has 8 heteroatoms. The van der Waals surface area contributed by atoms with Gasteiger partial charge < -0.3 is 15.1 Å². The van der Waals surface area contributed by atoms with Crippen LogP contribution in [0.15, 0.2) is 42.6 Å². The van der Waals surface area contributed by atoms with Crippen LogP contribution in [0, 0.1) is 0 Å². The minimum atomic E-state index is -4.36. The van der Waals surface area contributed by atoms with E-state index in [0.717, 1.165) is 44.2 Å². The van der Waals surface area contributed by atoms with Gasteiger partial charge in [0.05, 0.1) is 23.1 Å². The highest BCUT2D eigenvalue weighted by atomic mass is 19.4. The lowest BCUT2D eigenvalue weighted by molar-refractivity contribution is -0.137. The zero-order valence-electron chi connectivity index (χ0n) is 19.5. The van der Waals surface area contributed by atoms with Crippen molar-refractivity contribution in [1.82, 2.24) is 14.8 Å². The molecule has 0 bridgehead atoms. The van der Waals surface area contributed by atoms with Gasteiger partial charge in [-0.15, -0.1) is 0 Å². The molecular formula is C26H33F3N4O. The molecule has 0 saturated carbocycles. The quantitative estimate of drug-likeness (QED) is 0.581. The molecule has 34 heavy (non-hydrogen) atoms. The number of hydrogen-bond acceptors (Lipinski definition) is 4. The van der Waals surface area contributed by atoms with Crippen molar-refractivity contribution < 1.29 is 18.0 Å². The topological polar surface area (TPSA) is 48.5 Å². The van der Waals surface area contributed by atoms with Gasteiger partial charge in [-0.05, 0) is 89.1 Å². The number of anilines is 1. The summed E-state index contributed by atoms with van der Waals surface area (Å²) in [5.41, 5.74) is 1.05. The molecule has 2 saturated heterocycles. The highest BCUT2D eigenvalue weighted by molar-refractivity contribution is 5.90. The van der Waals surface area contributed by atoms with Crippen LogP contribution in [-0.4, -0.2) is 59.5 Å². The average Bonchev–Trinajstić information content (AvgIpc) is 2.85. The number of alkyl halides is 3. The third-order valence-corrected chi connectivity index (χ3v) is 6.90. The van der Waals surface area contributed by atoms with Crippen LogP contribution in [0.1, 0.15) is 50.5 Å². The maximum Gasteiger partial charge on any atom is 0.416 e. The average molecular weight is 475 g/mol. The Morgan fingerprint density at radius 2 is 1.68 bits per heavy atom. The Morgan fingerprint density at radius 1 is 0.971 bits per heavy atom. The number of halogens is 3. The van der Waals surface area contributed by atoms with Gasteiger partial charge in [0, 0.05) is 18.0 Å². The fourth-order valence-corrected chi connectivity index (χ4v) is 4.95. The van der Waals surface area contributed by atoms with Gasteiger partial charge in [0.25, 0.3) is 0 Å². The van der Waals surface area contributed by atoms with Gasteiger partial charge in [-0.3, -0.25) is 9.78 Å². The molecule has 0 spiro atoms. The summed E-state index contributed by atoms with van der Waals surface area (Å²) in [4.78, 5) is 21.8. The molecule has 4 rings (SSSR count). The lowest BCUT2D eigenvalue weighted by atomic mass is 10.00. The van der Waals surface area contributed by atoms with Gasteiger partial charge in [-0.25, -0.2) is 0 Å². The summed E-state index contributed by atoms with van der Waals surface area (Å²) in [6.07, 6.45) is 4.94. The van der Waals surface area contributed by atoms with E-state index in [0.29, 0.717) is 23.4 Å².